The molecule has 1 aliphatic heterocycles. The molecule has 2 aromatic heterocycles. The highest BCUT2D eigenvalue weighted by atomic mass is 79.9. The van der Waals surface area contributed by atoms with E-state index in [2.05, 4.69) is 20.9 Å². The Morgan fingerprint density at radius 2 is 1.97 bits per heavy atom. The van der Waals surface area contributed by atoms with E-state index in [4.69, 9.17) is 4.42 Å². The van der Waals surface area contributed by atoms with Crippen LogP contribution in [0.1, 0.15) is 39.0 Å². The van der Waals surface area contributed by atoms with Crippen LogP contribution in [0, 0.1) is 13.8 Å². The molecule has 5 nitrogen and oxygen atoms in total. The van der Waals surface area contributed by atoms with Gasteiger partial charge in [-0.05, 0) is 43.7 Å². The highest BCUT2D eigenvalue weighted by Gasteiger charge is 2.44. The molecule has 0 radical (unpaired) electrons. The number of anilines is 1. The number of nitrogens with zero attached hydrogens (tertiary/aromatic N) is 2. The SMILES string of the molecule is Cc1ccc2oc3c(c(=O)c2c1)[C@@H](c1cccc(Br)c1)N(c1nc(C)cs1)C3=O. The number of hydrogen-bond donors (Lipinski definition) is 0. The zero-order chi connectivity index (χ0) is 20.3. The number of aryl methyl sites for hydroxylation is 2. The summed E-state index contributed by atoms with van der Waals surface area (Å²) in [6.45, 7) is 3.80. The van der Waals surface area contributed by atoms with E-state index in [-0.39, 0.29) is 17.1 Å². The van der Waals surface area contributed by atoms with Crippen LogP contribution in [0.25, 0.3) is 11.0 Å². The summed E-state index contributed by atoms with van der Waals surface area (Å²) < 4.78 is 6.83. The number of hydrogen-bond acceptors (Lipinski definition) is 5. The minimum Gasteiger partial charge on any atom is -0.450 e. The lowest BCUT2D eigenvalue weighted by Crippen LogP contribution is -2.29. The molecule has 1 aliphatic rings. The van der Waals surface area contributed by atoms with E-state index in [0.29, 0.717) is 21.7 Å². The third-order valence-corrected chi connectivity index (χ3v) is 6.45. The molecule has 5 rings (SSSR count). The number of halogens is 1. The molecule has 0 saturated heterocycles. The summed E-state index contributed by atoms with van der Waals surface area (Å²) in [5, 5.41) is 2.91. The summed E-state index contributed by atoms with van der Waals surface area (Å²) in [6, 6.07) is 12.4. The normalized spacial score (nSPS) is 15.9. The van der Waals surface area contributed by atoms with Crippen LogP contribution in [-0.2, 0) is 0 Å². The zero-order valence-corrected chi connectivity index (χ0v) is 18.0. The molecule has 144 valence electrons. The number of carbonyl (C=O) groups is 1. The maximum atomic E-state index is 13.5. The highest BCUT2D eigenvalue weighted by Crippen LogP contribution is 2.42. The van der Waals surface area contributed by atoms with Crippen molar-refractivity contribution in [3.63, 3.8) is 0 Å². The van der Waals surface area contributed by atoms with Crippen LogP contribution in [0.5, 0.6) is 0 Å². The maximum Gasteiger partial charge on any atom is 0.297 e. The Kier molecular flexibility index (Phi) is 4.18. The lowest BCUT2D eigenvalue weighted by Gasteiger charge is -2.22. The molecule has 3 heterocycles. The minimum atomic E-state index is -0.596. The van der Waals surface area contributed by atoms with E-state index in [1.54, 1.807) is 17.0 Å². The fourth-order valence-electron chi connectivity index (χ4n) is 3.73. The van der Waals surface area contributed by atoms with Crippen molar-refractivity contribution in [1.82, 2.24) is 4.98 Å². The number of thiazole rings is 1. The monoisotopic (exact) mass is 466 g/mol. The molecule has 2 aromatic carbocycles. The van der Waals surface area contributed by atoms with Gasteiger partial charge in [-0.1, -0.05) is 39.7 Å². The summed E-state index contributed by atoms with van der Waals surface area (Å²) in [4.78, 5) is 33.0. The Hall–Kier alpha value is -2.77. The van der Waals surface area contributed by atoms with Gasteiger partial charge in [0.05, 0.1) is 22.7 Å². The predicted octanol–water partition coefficient (Wildman–Crippen LogP) is 5.38. The first-order valence-corrected chi connectivity index (χ1v) is 10.7. The lowest BCUT2D eigenvalue weighted by molar-refractivity contribution is 0.0971. The first-order chi connectivity index (χ1) is 13.9. The van der Waals surface area contributed by atoms with Gasteiger partial charge < -0.3 is 4.42 Å². The molecular formula is C22H15BrN2O3S. The summed E-state index contributed by atoms with van der Waals surface area (Å²) in [7, 11) is 0. The van der Waals surface area contributed by atoms with Crippen molar-refractivity contribution < 1.29 is 9.21 Å². The van der Waals surface area contributed by atoms with E-state index in [0.717, 1.165) is 21.3 Å². The van der Waals surface area contributed by atoms with E-state index in [9.17, 15) is 9.59 Å². The van der Waals surface area contributed by atoms with Gasteiger partial charge in [-0.15, -0.1) is 11.3 Å². The van der Waals surface area contributed by atoms with Crippen LogP contribution >= 0.6 is 27.3 Å². The molecule has 0 N–H and O–H groups in total. The van der Waals surface area contributed by atoms with Gasteiger partial charge in [0.1, 0.15) is 5.58 Å². The van der Waals surface area contributed by atoms with Gasteiger partial charge in [0, 0.05) is 9.85 Å². The topological polar surface area (TPSA) is 63.4 Å². The summed E-state index contributed by atoms with van der Waals surface area (Å²) in [5.41, 5.74) is 3.19. The minimum absolute atomic E-state index is 0.0872. The second-order valence-electron chi connectivity index (χ2n) is 7.08. The number of rotatable bonds is 2. The molecule has 0 saturated carbocycles. The first-order valence-electron chi connectivity index (χ1n) is 9.02. The van der Waals surface area contributed by atoms with Crippen molar-refractivity contribution in [2.75, 3.05) is 4.90 Å². The van der Waals surface area contributed by atoms with Crippen molar-refractivity contribution in [2.24, 2.45) is 0 Å². The van der Waals surface area contributed by atoms with Crippen LogP contribution in [0.4, 0.5) is 5.13 Å². The van der Waals surface area contributed by atoms with Crippen molar-refractivity contribution >= 4 is 49.3 Å². The van der Waals surface area contributed by atoms with E-state index < -0.39 is 6.04 Å². The van der Waals surface area contributed by atoms with Gasteiger partial charge in [-0.25, -0.2) is 4.98 Å². The van der Waals surface area contributed by atoms with E-state index in [1.165, 1.54) is 11.3 Å². The molecular weight excluding hydrogens is 452 g/mol. The fourth-order valence-corrected chi connectivity index (χ4v) is 4.97. The average molecular weight is 467 g/mol. The molecule has 29 heavy (non-hydrogen) atoms. The lowest BCUT2D eigenvalue weighted by atomic mass is 9.98. The predicted molar refractivity (Wildman–Crippen MR) is 117 cm³/mol. The van der Waals surface area contributed by atoms with Crippen LogP contribution in [0.3, 0.4) is 0 Å². The first kappa shape index (κ1) is 18.3. The molecule has 0 spiro atoms. The molecule has 0 fully saturated rings. The molecule has 0 unspecified atom stereocenters. The Balaban J connectivity index is 1.84. The largest absolute Gasteiger partial charge is 0.450 e. The second kappa shape index (κ2) is 6.64. The summed E-state index contributed by atoms with van der Waals surface area (Å²) in [6.07, 6.45) is 0. The molecule has 1 amide bonds. The van der Waals surface area contributed by atoms with Crippen molar-refractivity contribution in [2.45, 2.75) is 19.9 Å². The van der Waals surface area contributed by atoms with Gasteiger partial charge in [-0.3, -0.25) is 14.5 Å². The van der Waals surface area contributed by atoms with Gasteiger partial charge in [0.25, 0.3) is 5.91 Å². The van der Waals surface area contributed by atoms with Crippen LogP contribution in [-0.4, -0.2) is 10.9 Å². The summed E-state index contributed by atoms with van der Waals surface area (Å²) >= 11 is 4.87. The van der Waals surface area contributed by atoms with E-state index >= 15 is 0 Å². The number of carbonyl (C=O) groups excluding carboxylic acids is 1. The third kappa shape index (κ3) is 2.84. The van der Waals surface area contributed by atoms with E-state index in [1.807, 2.05) is 49.6 Å². The standard InChI is InChI=1S/C22H15BrN2O3S/c1-11-6-7-16-15(8-11)19(26)17-18(13-4-3-5-14(23)9-13)25(21(27)20(17)28-16)22-24-12(2)10-29-22/h3-10,18H,1-2H3/t18-/m1/s1. The Bertz CT molecular complexity index is 1360. The smallest absolute Gasteiger partial charge is 0.297 e. The van der Waals surface area contributed by atoms with Gasteiger partial charge in [0.2, 0.25) is 5.76 Å². The van der Waals surface area contributed by atoms with Crippen LogP contribution < -0.4 is 10.3 Å². The molecule has 0 aliphatic carbocycles. The zero-order valence-electron chi connectivity index (χ0n) is 15.6. The number of aromatic nitrogens is 1. The number of fused-ring (bicyclic) bond motifs is 2. The third-order valence-electron chi connectivity index (χ3n) is 5.00. The van der Waals surface area contributed by atoms with Crippen LogP contribution in [0.2, 0.25) is 0 Å². The Morgan fingerprint density at radius 3 is 2.69 bits per heavy atom. The maximum absolute atomic E-state index is 13.5. The quantitative estimate of drug-likeness (QED) is 0.397. The average Bonchev–Trinajstić information content (AvgIpc) is 3.24. The molecule has 4 aromatic rings. The number of benzene rings is 2. The van der Waals surface area contributed by atoms with Crippen molar-refractivity contribution in [3.05, 3.63) is 90.7 Å². The Labute approximate surface area is 178 Å². The van der Waals surface area contributed by atoms with Gasteiger partial charge in [-0.2, -0.15) is 0 Å². The fraction of sp³-hybridized carbons (Fsp3) is 0.136. The highest BCUT2D eigenvalue weighted by molar-refractivity contribution is 9.10. The summed E-state index contributed by atoms with van der Waals surface area (Å²) in [5.74, 6) is -0.261. The van der Waals surface area contributed by atoms with Gasteiger partial charge >= 0.3 is 0 Å². The van der Waals surface area contributed by atoms with Gasteiger partial charge in [0.15, 0.2) is 10.6 Å². The Morgan fingerprint density at radius 1 is 1.14 bits per heavy atom. The molecule has 7 heteroatoms. The van der Waals surface area contributed by atoms with Crippen molar-refractivity contribution in [3.8, 4) is 0 Å². The second-order valence-corrected chi connectivity index (χ2v) is 8.83. The number of amides is 1. The van der Waals surface area contributed by atoms with Crippen LogP contribution in [0.15, 0.2) is 61.5 Å². The molecule has 1 atom stereocenters. The molecule has 0 bridgehead atoms. The van der Waals surface area contributed by atoms with Crippen molar-refractivity contribution in [1.29, 1.82) is 0 Å².